The van der Waals surface area contributed by atoms with Crippen LogP contribution in [0, 0.1) is 29.6 Å². The van der Waals surface area contributed by atoms with E-state index in [0.29, 0.717) is 6.42 Å². The highest BCUT2D eigenvalue weighted by Gasteiger charge is 2.20. The van der Waals surface area contributed by atoms with Gasteiger partial charge in [0.1, 0.15) is 5.92 Å². The molecule has 98 valence electrons. The molecule has 3 heteroatoms. The molecule has 0 aromatic heterocycles. The van der Waals surface area contributed by atoms with Crippen molar-refractivity contribution in [3.8, 4) is 18.4 Å². The molecule has 0 fully saturated rings. The first-order chi connectivity index (χ1) is 9.21. The molecule has 1 N–H and O–H groups in total. The maximum atomic E-state index is 12.0. The molecule has 1 rings (SSSR count). The minimum absolute atomic E-state index is 0.288. The van der Waals surface area contributed by atoms with Crippen LogP contribution in [-0.4, -0.2) is 11.9 Å². The largest absolute Gasteiger partial charge is 0.341 e. The number of carbonyl (C=O) groups is 1. The number of rotatable bonds is 6. The average molecular weight is 254 g/mol. The van der Waals surface area contributed by atoms with E-state index in [-0.39, 0.29) is 11.9 Å². The Bertz CT molecular complexity index is 482. The van der Waals surface area contributed by atoms with Crippen LogP contribution >= 0.6 is 0 Å². The van der Waals surface area contributed by atoms with Gasteiger partial charge in [-0.25, -0.2) is 0 Å². The summed E-state index contributed by atoms with van der Waals surface area (Å²) in [5, 5.41) is 11.9. The zero-order valence-electron chi connectivity index (χ0n) is 11.1. The van der Waals surface area contributed by atoms with Gasteiger partial charge in [0.25, 0.3) is 0 Å². The highest BCUT2D eigenvalue weighted by Crippen LogP contribution is 2.09. The molecular formula is C16H18N2O. The first-order valence-corrected chi connectivity index (χ1v) is 6.41. The number of terminal acetylenes is 1. The predicted octanol–water partition coefficient (Wildman–Crippen LogP) is 2.29. The van der Waals surface area contributed by atoms with Crippen molar-refractivity contribution >= 4 is 5.91 Å². The van der Waals surface area contributed by atoms with Gasteiger partial charge in [-0.2, -0.15) is 5.26 Å². The second-order valence-corrected chi connectivity index (χ2v) is 4.39. The molecule has 19 heavy (non-hydrogen) atoms. The second-order valence-electron chi connectivity index (χ2n) is 4.39. The van der Waals surface area contributed by atoms with Gasteiger partial charge < -0.3 is 5.32 Å². The van der Waals surface area contributed by atoms with Gasteiger partial charge >= 0.3 is 0 Å². The van der Waals surface area contributed by atoms with Crippen molar-refractivity contribution < 1.29 is 4.79 Å². The summed E-state index contributed by atoms with van der Waals surface area (Å²) in [6.07, 6.45) is 7.38. The number of hydrogen-bond acceptors (Lipinski definition) is 2. The Morgan fingerprint density at radius 2 is 2.11 bits per heavy atom. The van der Waals surface area contributed by atoms with Crippen molar-refractivity contribution in [1.82, 2.24) is 5.32 Å². The quantitative estimate of drug-likeness (QED) is 0.792. The van der Waals surface area contributed by atoms with Crippen molar-refractivity contribution in [3.05, 3.63) is 35.9 Å². The molecule has 3 nitrogen and oxygen atoms in total. The molecule has 0 saturated heterocycles. The lowest BCUT2D eigenvalue weighted by Gasteiger charge is -2.15. The SMILES string of the molecule is C#CC(CCC)NC(=O)C(C#N)Cc1ccccc1. The number of nitrogens with one attached hydrogen (secondary N) is 1. The molecule has 1 aromatic carbocycles. The van der Waals surface area contributed by atoms with E-state index in [2.05, 4.69) is 11.2 Å². The van der Waals surface area contributed by atoms with E-state index < -0.39 is 5.92 Å². The Morgan fingerprint density at radius 1 is 1.42 bits per heavy atom. The molecule has 0 aliphatic carbocycles. The second kappa shape index (κ2) is 7.95. The third kappa shape index (κ3) is 4.85. The molecule has 2 atom stereocenters. The highest BCUT2D eigenvalue weighted by molar-refractivity contribution is 5.82. The maximum absolute atomic E-state index is 12.0. The topological polar surface area (TPSA) is 52.9 Å². The molecule has 2 unspecified atom stereocenters. The Hall–Kier alpha value is -2.26. The fourth-order valence-electron chi connectivity index (χ4n) is 1.80. The smallest absolute Gasteiger partial charge is 0.238 e. The summed E-state index contributed by atoms with van der Waals surface area (Å²) in [4.78, 5) is 12.0. The van der Waals surface area contributed by atoms with Crippen LogP contribution in [0.5, 0.6) is 0 Å². The number of hydrogen-bond donors (Lipinski definition) is 1. The predicted molar refractivity (Wildman–Crippen MR) is 74.9 cm³/mol. The minimum atomic E-state index is -0.699. The normalized spacial score (nSPS) is 12.8. The summed E-state index contributed by atoms with van der Waals surface area (Å²) in [6, 6.07) is 11.3. The molecule has 0 heterocycles. The third-order valence-corrected chi connectivity index (χ3v) is 2.85. The molecule has 0 aliphatic heterocycles. The van der Waals surface area contributed by atoms with E-state index in [0.717, 1.165) is 18.4 Å². The van der Waals surface area contributed by atoms with Crippen molar-refractivity contribution in [2.75, 3.05) is 0 Å². The van der Waals surface area contributed by atoms with E-state index >= 15 is 0 Å². The molecule has 1 amide bonds. The number of nitriles is 1. The zero-order valence-corrected chi connectivity index (χ0v) is 11.1. The Labute approximate surface area is 114 Å². The lowest BCUT2D eigenvalue weighted by atomic mass is 9.99. The van der Waals surface area contributed by atoms with Gasteiger partial charge in [-0.05, 0) is 18.4 Å². The van der Waals surface area contributed by atoms with Crippen molar-refractivity contribution in [2.24, 2.45) is 5.92 Å². The van der Waals surface area contributed by atoms with Gasteiger partial charge in [0.15, 0.2) is 0 Å². The lowest BCUT2D eigenvalue weighted by Crippen LogP contribution is -2.38. The van der Waals surface area contributed by atoms with E-state index in [9.17, 15) is 4.79 Å². The van der Waals surface area contributed by atoms with Gasteiger partial charge in [0.2, 0.25) is 5.91 Å². The summed E-state index contributed by atoms with van der Waals surface area (Å²) >= 11 is 0. The fraction of sp³-hybridized carbons (Fsp3) is 0.375. The van der Waals surface area contributed by atoms with Crippen molar-refractivity contribution in [2.45, 2.75) is 32.2 Å². The maximum Gasteiger partial charge on any atom is 0.238 e. The summed E-state index contributed by atoms with van der Waals surface area (Å²) in [5.74, 6) is 1.55. The van der Waals surface area contributed by atoms with Gasteiger partial charge in [-0.15, -0.1) is 6.42 Å². The Balaban J connectivity index is 2.63. The highest BCUT2D eigenvalue weighted by atomic mass is 16.1. The Morgan fingerprint density at radius 3 is 2.63 bits per heavy atom. The number of benzene rings is 1. The Kier molecular flexibility index (Phi) is 6.19. The molecule has 0 spiro atoms. The van der Waals surface area contributed by atoms with Crippen LogP contribution in [0.3, 0.4) is 0 Å². The molecule has 0 saturated carbocycles. The molecule has 1 aromatic rings. The zero-order chi connectivity index (χ0) is 14.1. The summed E-state index contributed by atoms with van der Waals surface area (Å²) in [5.41, 5.74) is 0.969. The van der Waals surface area contributed by atoms with Crippen molar-refractivity contribution in [1.29, 1.82) is 5.26 Å². The van der Waals surface area contributed by atoms with Gasteiger partial charge in [-0.1, -0.05) is 49.6 Å². The molecule has 0 aliphatic rings. The van der Waals surface area contributed by atoms with Gasteiger partial charge in [0.05, 0.1) is 12.1 Å². The molecular weight excluding hydrogens is 236 g/mol. The number of amides is 1. The lowest BCUT2D eigenvalue weighted by molar-refractivity contribution is -0.123. The molecule has 0 radical (unpaired) electrons. The van der Waals surface area contributed by atoms with Crippen LogP contribution in [0.15, 0.2) is 30.3 Å². The summed E-state index contributed by atoms with van der Waals surface area (Å²) < 4.78 is 0. The summed E-state index contributed by atoms with van der Waals surface area (Å²) in [6.45, 7) is 2.00. The summed E-state index contributed by atoms with van der Waals surface area (Å²) in [7, 11) is 0. The van der Waals surface area contributed by atoms with Crippen LogP contribution in [0.25, 0.3) is 0 Å². The first-order valence-electron chi connectivity index (χ1n) is 6.41. The van der Waals surface area contributed by atoms with Crippen LogP contribution in [0.4, 0.5) is 0 Å². The van der Waals surface area contributed by atoms with E-state index in [1.165, 1.54) is 0 Å². The first kappa shape index (κ1) is 14.8. The van der Waals surface area contributed by atoms with Crippen molar-refractivity contribution in [3.63, 3.8) is 0 Å². The monoisotopic (exact) mass is 254 g/mol. The van der Waals surface area contributed by atoms with Crippen LogP contribution in [0.1, 0.15) is 25.3 Å². The van der Waals surface area contributed by atoms with Gasteiger partial charge in [-0.3, -0.25) is 4.79 Å². The average Bonchev–Trinajstić information content (AvgIpc) is 2.45. The van der Waals surface area contributed by atoms with Gasteiger partial charge in [0, 0.05) is 0 Å². The third-order valence-electron chi connectivity index (χ3n) is 2.85. The van der Waals surface area contributed by atoms with E-state index in [4.69, 9.17) is 11.7 Å². The minimum Gasteiger partial charge on any atom is -0.341 e. The van der Waals surface area contributed by atoms with Crippen LogP contribution in [-0.2, 0) is 11.2 Å². The fourth-order valence-corrected chi connectivity index (χ4v) is 1.80. The molecule has 0 bridgehead atoms. The van der Waals surface area contributed by atoms with Crippen LogP contribution < -0.4 is 5.32 Å². The van der Waals surface area contributed by atoms with Crippen LogP contribution in [0.2, 0.25) is 0 Å². The number of nitrogens with zero attached hydrogens (tertiary/aromatic N) is 1. The standard InChI is InChI=1S/C16H18N2O/c1-3-8-15(4-2)18-16(19)14(12-17)11-13-9-6-5-7-10-13/h2,5-7,9-10,14-15H,3,8,11H2,1H3,(H,18,19). The van der Waals surface area contributed by atoms with E-state index in [1.807, 2.05) is 43.3 Å². The number of carbonyl (C=O) groups excluding carboxylic acids is 1. The van der Waals surface area contributed by atoms with E-state index in [1.54, 1.807) is 0 Å².